The molecule has 1 unspecified atom stereocenters. The van der Waals surface area contributed by atoms with E-state index in [1.54, 1.807) is 0 Å². The second-order valence-electron chi connectivity index (χ2n) is 5.37. The smallest absolute Gasteiger partial charge is 0.228 e. The van der Waals surface area contributed by atoms with Crippen molar-refractivity contribution in [1.29, 1.82) is 0 Å². The zero-order valence-electron chi connectivity index (χ0n) is 10.2. The van der Waals surface area contributed by atoms with Gasteiger partial charge < -0.3 is 10.6 Å². The SMILES string of the molecule is O=C(Nc1cccc(Br)c1)C1CC12CCNCC2. The number of piperidine rings is 1. The van der Waals surface area contributed by atoms with Crippen molar-refractivity contribution in [2.45, 2.75) is 19.3 Å². The normalized spacial score (nSPS) is 24.8. The molecule has 96 valence electrons. The van der Waals surface area contributed by atoms with Gasteiger partial charge in [-0.2, -0.15) is 0 Å². The zero-order valence-corrected chi connectivity index (χ0v) is 11.8. The highest BCUT2D eigenvalue weighted by atomic mass is 79.9. The Kier molecular flexibility index (Phi) is 3.16. The minimum atomic E-state index is 0.190. The average molecular weight is 309 g/mol. The van der Waals surface area contributed by atoms with Crippen molar-refractivity contribution in [2.24, 2.45) is 11.3 Å². The molecule has 1 saturated heterocycles. The fourth-order valence-corrected chi connectivity index (χ4v) is 3.39. The summed E-state index contributed by atoms with van der Waals surface area (Å²) in [5.41, 5.74) is 1.19. The molecule has 1 aliphatic carbocycles. The summed E-state index contributed by atoms with van der Waals surface area (Å²) < 4.78 is 0.993. The van der Waals surface area contributed by atoms with Crippen LogP contribution < -0.4 is 10.6 Å². The molecule has 1 aromatic carbocycles. The van der Waals surface area contributed by atoms with E-state index < -0.39 is 0 Å². The number of rotatable bonds is 2. The van der Waals surface area contributed by atoms with Gasteiger partial charge >= 0.3 is 0 Å². The maximum atomic E-state index is 12.2. The first-order chi connectivity index (χ1) is 8.70. The first-order valence-electron chi connectivity index (χ1n) is 6.47. The minimum absolute atomic E-state index is 0.190. The minimum Gasteiger partial charge on any atom is -0.326 e. The van der Waals surface area contributed by atoms with Gasteiger partial charge in [-0.25, -0.2) is 0 Å². The van der Waals surface area contributed by atoms with Crippen molar-refractivity contribution >= 4 is 27.5 Å². The van der Waals surface area contributed by atoms with Crippen molar-refractivity contribution in [3.05, 3.63) is 28.7 Å². The Morgan fingerprint density at radius 2 is 2.17 bits per heavy atom. The van der Waals surface area contributed by atoms with Crippen LogP contribution in [0.4, 0.5) is 5.69 Å². The Labute approximate surface area is 115 Å². The molecule has 0 bridgehead atoms. The van der Waals surface area contributed by atoms with Crippen molar-refractivity contribution < 1.29 is 4.79 Å². The van der Waals surface area contributed by atoms with E-state index in [2.05, 4.69) is 26.6 Å². The molecule has 18 heavy (non-hydrogen) atoms. The Balaban J connectivity index is 1.63. The van der Waals surface area contributed by atoms with Crippen LogP contribution in [0.25, 0.3) is 0 Å². The third-order valence-corrected chi connectivity index (χ3v) is 4.69. The molecule has 3 rings (SSSR count). The Morgan fingerprint density at radius 3 is 2.89 bits per heavy atom. The van der Waals surface area contributed by atoms with Crippen LogP contribution in [0.3, 0.4) is 0 Å². The maximum absolute atomic E-state index is 12.2. The molecular formula is C14H17BrN2O. The standard InChI is InChI=1S/C14H17BrN2O/c15-10-2-1-3-11(8-10)17-13(18)12-9-14(12)4-6-16-7-5-14/h1-3,8,12,16H,4-7,9H2,(H,17,18). The van der Waals surface area contributed by atoms with Crippen LogP contribution in [0.5, 0.6) is 0 Å². The van der Waals surface area contributed by atoms with Gasteiger partial charge in [-0.05, 0) is 56.0 Å². The van der Waals surface area contributed by atoms with Gasteiger partial charge in [-0.15, -0.1) is 0 Å². The van der Waals surface area contributed by atoms with E-state index in [-0.39, 0.29) is 11.8 Å². The van der Waals surface area contributed by atoms with E-state index in [1.807, 2.05) is 24.3 Å². The van der Waals surface area contributed by atoms with E-state index in [9.17, 15) is 4.79 Å². The van der Waals surface area contributed by atoms with Gasteiger partial charge in [0.05, 0.1) is 0 Å². The largest absolute Gasteiger partial charge is 0.326 e. The van der Waals surface area contributed by atoms with E-state index in [0.29, 0.717) is 5.41 Å². The van der Waals surface area contributed by atoms with E-state index in [1.165, 1.54) is 0 Å². The molecule has 2 aliphatic rings. The molecule has 1 amide bonds. The Morgan fingerprint density at radius 1 is 1.39 bits per heavy atom. The van der Waals surface area contributed by atoms with Gasteiger partial charge in [0.15, 0.2) is 0 Å². The fourth-order valence-electron chi connectivity index (χ4n) is 2.99. The third kappa shape index (κ3) is 2.31. The maximum Gasteiger partial charge on any atom is 0.228 e. The molecule has 1 heterocycles. The number of nitrogens with one attached hydrogen (secondary N) is 2. The number of carbonyl (C=O) groups excluding carboxylic acids is 1. The lowest BCUT2D eigenvalue weighted by Gasteiger charge is -2.23. The predicted molar refractivity (Wildman–Crippen MR) is 75.4 cm³/mol. The molecule has 1 saturated carbocycles. The second-order valence-corrected chi connectivity index (χ2v) is 6.28. The number of hydrogen-bond acceptors (Lipinski definition) is 2. The van der Waals surface area contributed by atoms with Gasteiger partial charge in [0.25, 0.3) is 0 Å². The van der Waals surface area contributed by atoms with Gasteiger partial charge in [0.1, 0.15) is 0 Å². The molecular weight excluding hydrogens is 292 g/mol. The topological polar surface area (TPSA) is 41.1 Å². The van der Waals surface area contributed by atoms with Gasteiger partial charge in [-0.3, -0.25) is 4.79 Å². The molecule has 2 fully saturated rings. The lowest BCUT2D eigenvalue weighted by atomic mass is 9.92. The van der Waals surface area contributed by atoms with Crippen LogP contribution in [-0.4, -0.2) is 19.0 Å². The fraction of sp³-hybridized carbons (Fsp3) is 0.500. The van der Waals surface area contributed by atoms with Crippen LogP contribution in [0.2, 0.25) is 0 Å². The molecule has 4 heteroatoms. The first-order valence-corrected chi connectivity index (χ1v) is 7.26. The summed E-state index contributed by atoms with van der Waals surface area (Å²) in [6, 6.07) is 7.77. The number of halogens is 1. The highest BCUT2D eigenvalue weighted by Crippen LogP contribution is 2.58. The van der Waals surface area contributed by atoms with E-state index in [4.69, 9.17) is 0 Å². The van der Waals surface area contributed by atoms with Crippen molar-refractivity contribution in [2.75, 3.05) is 18.4 Å². The summed E-state index contributed by atoms with van der Waals surface area (Å²) in [4.78, 5) is 12.2. The average Bonchev–Trinajstić information content (AvgIpc) is 3.04. The molecule has 1 aromatic rings. The van der Waals surface area contributed by atoms with E-state index >= 15 is 0 Å². The molecule has 0 radical (unpaired) electrons. The van der Waals surface area contributed by atoms with Crippen molar-refractivity contribution in [1.82, 2.24) is 5.32 Å². The highest BCUT2D eigenvalue weighted by Gasteiger charge is 2.57. The number of amides is 1. The van der Waals surface area contributed by atoms with Crippen LogP contribution in [0.15, 0.2) is 28.7 Å². The van der Waals surface area contributed by atoms with Gasteiger partial charge in [-0.1, -0.05) is 22.0 Å². The highest BCUT2D eigenvalue weighted by molar-refractivity contribution is 9.10. The van der Waals surface area contributed by atoms with Crippen LogP contribution in [0, 0.1) is 11.3 Å². The Hall–Kier alpha value is -0.870. The summed E-state index contributed by atoms with van der Waals surface area (Å²) in [7, 11) is 0. The zero-order chi connectivity index (χ0) is 12.6. The summed E-state index contributed by atoms with van der Waals surface area (Å²) in [6.07, 6.45) is 3.35. The summed E-state index contributed by atoms with van der Waals surface area (Å²) in [5.74, 6) is 0.411. The van der Waals surface area contributed by atoms with Crippen LogP contribution >= 0.6 is 15.9 Å². The molecule has 1 spiro atoms. The summed E-state index contributed by atoms with van der Waals surface area (Å²) in [5, 5.41) is 6.39. The Bertz CT molecular complexity index is 469. The predicted octanol–water partition coefficient (Wildman–Crippen LogP) is 2.78. The first kappa shape index (κ1) is 12.2. The lowest BCUT2D eigenvalue weighted by Crippen LogP contribution is -2.31. The van der Waals surface area contributed by atoms with Crippen LogP contribution in [0.1, 0.15) is 19.3 Å². The monoisotopic (exact) mass is 308 g/mol. The number of anilines is 1. The quantitative estimate of drug-likeness (QED) is 0.882. The van der Waals surface area contributed by atoms with E-state index in [0.717, 1.165) is 42.5 Å². The number of benzene rings is 1. The molecule has 3 nitrogen and oxygen atoms in total. The molecule has 2 N–H and O–H groups in total. The van der Waals surface area contributed by atoms with Gasteiger partial charge in [0.2, 0.25) is 5.91 Å². The van der Waals surface area contributed by atoms with Gasteiger partial charge in [0, 0.05) is 16.1 Å². The molecule has 1 aliphatic heterocycles. The van der Waals surface area contributed by atoms with Crippen LogP contribution in [-0.2, 0) is 4.79 Å². The van der Waals surface area contributed by atoms with Crippen molar-refractivity contribution in [3.8, 4) is 0 Å². The molecule has 0 aromatic heterocycles. The third-order valence-electron chi connectivity index (χ3n) is 4.20. The summed E-state index contributed by atoms with van der Waals surface area (Å²) >= 11 is 3.42. The second kappa shape index (κ2) is 4.67. The number of hydrogen-bond donors (Lipinski definition) is 2. The van der Waals surface area contributed by atoms with Crippen molar-refractivity contribution in [3.63, 3.8) is 0 Å². The lowest BCUT2D eigenvalue weighted by molar-refractivity contribution is -0.118. The number of carbonyl (C=O) groups is 1. The summed E-state index contributed by atoms with van der Waals surface area (Å²) in [6.45, 7) is 2.11. The molecule has 1 atom stereocenters.